The quantitative estimate of drug-likeness (QED) is 0.179. The third-order valence-corrected chi connectivity index (χ3v) is 6.48. The number of hydrogen-bond donors (Lipinski definition) is 0. The number of carbonyl (C=O) groups is 1. The molecule has 0 atom stereocenters. The maximum Gasteiger partial charge on any atom is 0.269 e. The van der Waals surface area contributed by atoms with Crippen LogP contribution in [-0.4, -0.2) is 31.8 Å². The van der Waals surface area contributed by atoms with E-state index >= 15 is 0 Å². The first-order valence-electron chi connectivity index (χ1n) is 11.9. The molecule has 0 aliphatic carbocycles. The Bertz CT molecular complexity index is 1680. The molecule has 2 aromatic carbocycles. The lowest BCUT2D eigenvalue weighted by Crippen LogP contribution is -2.26. The number of carbonyl (C=O) groups excluding carboxylic acids is 1. The number of benzene rings is 2. The molecule has 0 N–H and O–H groups in total. The van der Waals surface area contributed by atoms with Crippen LogP contribution < -0.4 is 10.5 Å². The molecule has 9 nitrogen and oxygen atoms in total. The van der Waals surface area contributed by atoms with E-state index in [1.807, 2.05) is 24.3 Å². The Morgan fingerprint density at radius 1 is 1.03 bits per heavy atom. The molecule has 0 fully saturated rings. The second kappa shape index (κ2) is 9.26. The summed E-state index contributed by atoms with van der Waals surface area (Å²) in [4.78, 5) is 43.6. The van der Waals surface area contributed by atoms with E-state index in [1.165, 1.54) is 16.7 Å². The topological polar surface area (TPSA) is 103 Å². The second-order valence-electron chi connectivity index (χ2n) is 8.77. The maximum atomic E-state index is 13.7. The number of non-ortho nitro benzene ring substituents is 1. The fourth-order valence-electron chi connectivity index (χ4n) is 4.51. The number of pyridine rings is 2. The molecule has 5 rings (SSSR count). The average Bonchev–Trinajstić information content (AvgIpc) is 3.27. The van der Waals surface area contributed by atoms with Gasteiger partial charge in [0, 0.05) is 42.6 Å². The van der Waals surface area contributed by atoms with Crippen molar-refractivity contribution in [3.8, 4) is 5.69 Å². The van der Waals surface area contributed by atoms with Crippen LogP contribution in [0.1, 0.15) is 32.6 Å². The number of nitro benzene ring substituents is 1. The van der Waals surface area contributed by atoms with Gasteiger partial charge in [0.1, 0.15) is 11.2 Å². The van der Waals surface area contributed by atoms with E-state index in [-0.39, 0.29) is 17.2 Å². The summed E-state index contributed by atoms with van der Waals surface area (Å²) in [6, 6.07) is 16.8. The van der Waals surface area contributed by atoms with Crippen LogP contribution >= 0.6 is 0 Å². The van der Waals surface area contributed by atoms with Crippen LogP contribution in [0.4, 0.5) is 11.4 Å². The molecule has 0 spiro atoms. The summed E-state index contributed by atoms with van der Waals surface area (Å²) < 4.78 is 3.32. The van der Waals surface area contributed by atoms with Gasteiger partial charge in [0.2, 0.25) is 5.91 Å². The maximum absolute atomic E-state index is 13.7. The zero-order valence-electron chi connectivity index (χ0n) is 20.0. The predicted molar refractivity (Wildman–Crippen MR) is 140 cm³/mol. The normalized spacial score (nSPS) is 11.4. The minimum absolute atomic E-state index is 0.0189. The van der Waals surface area contributed by atoms with Crippen LogP contribution in [0.25, 0.3) is 33.3 Å². The Kier molecular flexibility index (Phi) is 5.97. The molecular formula is C27H25N5O4. The number of amides is 1. The van der Waals surface area contributed by atoms with Gasteiger partial charge in [-0.15, -0.1) is 0 Å². The zero-order chi connectivity index (χ0) is 25.4. The number of imidazole rings is 1. The Labute approximate surface area is 206 Å². The summed E-state index contributed by atoms with van der Waals surface area (Å²) in [6.07, 6.45) is 5.14. The average molecular weight is 484 g/mol. The highest BCUT2D eigenvalue weighted by Gasteiger charge is 2.19. The van der Waals surface area contributed by atoms with Crippen molar-refractivity contribution in [1.82, 2.24) is 14.0 Å². The van der Waals surface area contributed by atoms with Crippen LogP contribution in [0.3, 0.4) is 0 Å². The number of fused-ring (bicyclic) bond motifs is 5. The summed E-state index contributed by atoms with van der Waals surface area (Å²) in [5.41, 5.74) is 2.60. The number of hydrogen-bond acceptors (Lipinski definition) is 5. The van der Waals surface area contributed by atoms with Gasteiger partial charge < -0.3 is 4.90 Å². The van der Waals surface area contributed by atoms with Gasteiger partial charge in [-0.3, -0.25) is 28.7 Å². The van der Waals surface area contributed by atoms with Crippen molar-refractivity contribution in [2.75, 3.05) is 11.9 Å². The number of nitrogens with zero attached hydrogens (tertiary/aromatic N) is 5. The molecule has 3 heterocycles. The number of nitro groups is 1. The summed E-state index contributed by atoms with van der Waals surface area (Å²) in [6.45, 7) is 2.10. The lowest BCUT2D eigenvalue weighted by molar-refractivity contribution is -0.384. The molecule has 0 aliphatic heterocycles. The SMILES string of the molecule is CCCCCC(=O)N(C)c1ccc2nc3c4ccccc4c(=O)n(-c4ccc([N+](=O)[O-])cc4)c3n2c1. The Morgan fingerprint density at radius 2 is 1.75 bits per heavy atom. The van der Waals surface area contributed by atoms with Crippen molar-refractivity contribution in [2.24, 2.45) is 0 Å². The van der Waals surface area contributed by atoms with Gasteiger partial charge in [0.25, 0.3) is 11.2 Å². The highest BCUT2D eigenvalue weighted by molar-refractivity contribution is 6.04. The fourth-order valence-corrected chi connectivity index (χ4v) is 4.51. The molecule has 3 aromatic heterocycles. The predicted octanol–water partition coefficient (Wildman–Crippen LogP) is 5.24. The van der Waals surface area contributed by atoms with Crippen molar-refractivity contribution >= 4 is 44.9 Å². The van der Waals surface area contributed by atoms with Crippen LogP contribution in [0.2, 0.25) is 0 Å². The highest BCUT2D eigenvalue weighted by atomic mass is 16.6. The highest BCUT2D eigenvalue weighted by Crippen LogP contribution is 2.28. The minimum atomic E-state index is -0.476. The number of unbranched alkanes of at least 4 members (excludes halogenated alkanes) is 2. The van der Waals surface area contributed by atoms with Crippen LogP contribution in [-0.2, 0) is 4.79 Å². The van der Waals surface area contributed by atoms with Crippen molar-refractivity contribution in [3.63, 3.8) is 0 Å². The van der Waals surface area contributed by atoms with Crippen LogP contribution in [0, 0.1) is 10.1 Å². The third kappa shape index (κ3) is 3.88. The molecule has 9 heteroatoms. The molecule has 0 bridgehead atoms. The van der Waals surface area contributed by atoms with Gasteiger partial charge >= 0.3 is 0 Å². The zero-order valence-corrected chi connectivity index (χ0v) is 20.0. The van der Waals surface area contributed by atoms with Gasteiger partial charge in [0.05, 0.1) is 16.3 Å². The first kappa shape index (κ1) is 23.2. The Morgan fingerprint density at radius 3 is 2.44 bits per heavy atom. The first-order chi connectivity index (χ1) is 17.4. The molecule has 5 aromatic rings. The van der Waals surface area contributed by atoms with E-state index in [2.05, 4.69) is 6.92 Å². The van der Waals surface area contributed by atoms with Crippen molar-refractivity contribution in [3.05, 3.63) is 87.3 Å². The molecule has 182 valence electrons. The summed E-state index contributed by atoms with van der Waals surface area (Å²) >= 11 is 0. The van der Waals surface area contributed by atoms with E-state index < -0.39 is 4.92 Å². The molecule has 0 unspecified atom stereocenters. The minimum Gasteiger partial charge on any atom is -0.314 e. The summed E-state index contributed by atoms with van der Waals surface area (Å²) in [7, 11) is 1.74. The smallest absolute Gasteiger partial charge is 0.269 e. The Balaban J connectivity index is 1.76. The number of rotatable bonds is 7. The fraction of sp³-hybridized carbons (Fsp3) is 0.222. The lowest BCUT2D eigenvalue weighted by atomic mass is 10.1. The monoisotopic (exact) mass is 483 g/mol. The first-order valence-corrected chi connectivity index (χ1v) is 11.9. The standard InChI is InChI=1S/C27H25N5O4/c1-3-4-5-10-24(33)29(2)20-15-16-23-28-25-21-8-6-7-9-22(21)27(34)31(26(25)30(23)17-20)18-11-13-19(14-12-18)32(35)36/h6-9,11-17H,3-5,10H2,1-2H3. The number of anilines is 1. The van der Waals surface area contributed by atoms with Crippen LogP contribution in [0.15, 0.2) is 71.7 Å². The third-order valence-electron chi connectivity index (χ3n) is 6.48. The van der Waals surface area contributed by atoms with E-state index in [1.54, 1.807) is 46.8 Å². The molecule has 36 heavy (non-hydrogen) atoms. The van der Waals surface area contributed by atoms with Gasteiger partial charge in [-0.1, -0.05) is 38.0 Å². The molecule has 0 saturated carbocycles. The molecule has 0 aliphatic rings. The largest absolute Gasteiger partial charge is 0.314 e. The van der Waals surface area contributed by atoms with Gasteiger partial charge in [-0.05, 0) is 36.8 Å². The molecular weight excluding hydrogens is 458 g/mol. The van der Waals surface area contributed by atoms with E-state index in [0.717, 1.165) is 19.3 Å². The van der Waals surface area contributed by atoms with E-state index in [0.29, 0.717) is 45.4 Å². The van der Waals surface area contributed by atoms with Crippen molar-refractivity contribution in [1.29, 1.82) is 0 Å². The molecule has 1 amide bonds. The van der Waals surface area contributed by atoms with Crippen molar-refractivity contribution < 1.29 is 9.72 Å². The van der Waals surface area contributed by atoms with Gasteiger partial charge in [-0.2, -0.15) is 0 Å². The number of aromatic nitrogens is 3. The van der Waals surface area contributed by atoms with Gasteiger partial charge in [-0.25, -0.2) is 4.98 Å². The molecule has 0 radical (unpaired) electrons. The van der Waals surface area contributed by atoms with Gasteiger partial charge in [0.15, 0.2) is 5.65 Å². The van der Waals surface area contributed by atoms with E-state index in [4.69, 9.17) is 4.98 Å². The second-order valence-corrected chi connectivity index (χ2v) is 8.77. The summed E-state index contributed by atoms with van der Waals surface area (Å²) in [5.74, 6) is 0.0189. The lowest BCUT2D eigenvalue weighted by Gasteiger charge is -2.18. The Hall–Kier alpha value is -4.53. The van der Waals surface area contributed by atoms with E-state index in [9.17, 15) is 19.7 Å². The van der Waals surface area contributed by atoms with Crippen LogP contribution in [0.5, 0.6) is 0 Å². The van der Waals surface area contributed by atoms with Crippen molar-refractivity contribution in [2.45, 2.75) is 32.6 Å². The molecule has 0 saturated heterocycles. The summed E-state index contributed by atoms with van der Waals surface area (Å²) in [5, 5.41) is 12.4.